The summed E-state index contributed by atoms with van der Waals surface area (Å²) in [5.74, 6) is 0.502. The molecule has 0 aliphatic heterocycles. The number of pyridine rings is 4. The van der Waals surface area contributed by atoms with Gasteiger partial charge in [-0.1, -0.05) is 111 Å². The van der Waals surface area contributed by atoms with Crippen LogP contribution >= 0.6 is 0 Å². The van der Waals surface area contributed by atoms with Crippen molar-refractivity contribution in [2.75, 3.05) is 0 Å². The molecule has 16 aromatic rings. The highest BCUT2D eigenvalue weighted by molar-refractivity contribution is 6.13. The minimum absolute atomic E-state index is 0.332. The number of benzene rings is 9. The van der Waals surface area contributed by atoms with Gasteiger partial charge < -0.3 is 13.3 Å². The Balaban J connectivity index is 0.000000118. The molecular weight excluding hydrogens is 1050 g/mol. The minimum Gasteiger partial charge on any atom is -0.456 e. The number of hydrogen-bond acceptors (Lipinski definition) is 4. The zero-order valence-corrected chi connectivity index (χ0v) is 49.9. The maximum atomic E-state index is 8.12. The third-order valence-corrected chi connectivity index (χ3v) is 17.4. The highest BCUT2D eigenvalue weighted by atomic mass is 16.3. The summed E-state index contributed by atoms with van der Waals surface area (Å²) < 4.78 is 49.4. The van der Waals surface area contributed by atoms with Gasteiger partial charge in [0, 0.05) is 94.4 Å². The van der Waals surface area contributed by atoms with Crippen LogP contribution in [0.25, 0.3) is 143 Å². The van der Waals surface area contributed by atoms with E-state index in [0.717, 1.165) is 72.0 Å². The van der Waals surface area contributed by atoms with Crippen LogP contribution in [-0.4, -0.2) is 4.98 Å². The van der Waals surface area contributed by atoms with Gasteiger partial charge >= 0.3 is 0 Å². The first-order valence-electron chi connectivity index (χ1n) is 30.9. The molecule has 86 heavy (non-hydrogen) atoms. The summed E-state index contributed by atoms with van der Waals surface area (Å²) in [7, 11) is 6.09. The lowest BCUT2D eigenvalue weighted by Gasteiger charge is -2.10. The van der Waals surface area contributed by atoms with Crippen molar-refractivity contribution in [3.63, 3.8) is 0 Å². The fourth-order valence-electron chi connectivity index (χ4n) is 12.5. The zero-order chi connectivity index (χ0) is 61.6. The molecule has 0 atom stereocenters. The summed E-state index contributed by atoms with van der Waals surface area (Å²) >= 11 is 0. The second-order valence-corrected chi connectivity index (χ2v) is 23.4. The van der Waals surface area contributed by atoms with Crippen LogP contribution in [0.2, 0.25) is 0 Å². The molecule has 0 radical (unpaired) electrons. The van der Waals surface area contributed by atoms with Crippen LogP contribution in [-0.2, 0) is 21.1 Å². The first-order valence-corrected chi connectivity index (χ1v) is 29.4. The molecule has 0 unspecified atom stereocenters. The predicted octanol–water partition coefficient (Wildman–Crippen LogP) is 19.4. The van der Waals surface area contributed by atoms with Crippen LogP contribution in [0.3, 0.4) is 0 Å². The lowest BCUT2D eigenvalue weighted by atomic mass is 9.96. The third-order valence-electron chi connectivity index (χ3n) is 17.4. The van der Waals surface area contributed by atoms with Gasteiger partial charge in [-0.15, -0.1) is 0 Å². The highest BCUT2D eigenvalue weighted by Crippen LogP contribution is 2.40. The molecule has 0 saturated carbocycles. The monoisotopic (exact) mass is 1120 g/mol. The van der Waals surface area contributed by atoms with Crippen LogP contribution in [0.15, 0.2) is 232 Å². The Morgan fingerprint density at radius 1 is 0.407 bits per heavy atom. The zero-order valence-electron chi connectivity index (χ0n) is 52.9. The summed E-state index contributed by atoms with van der Waals surface area (Å²) in [6, 6.07) is 69.4. The van der Waals surface area contributed by atoms with Crippen LogP contribution in [0, 0.1) is 34.5 Å². The van der Waals surface area contributed by atoms with Crippen molar-refractivity contribution in [2.24, 2.45) is 21.1 Å². The van der Waals surface area contributed by atoms with E-state index in [2.05, 4.69) is 210 Å². The van der Waals surface area contributed by atoms with E-state index in [1.807, 2.05) is 79.2 Å². The average Bonchev–Trinajstić information content (AvgIpc) is 1.87. The summed E-state index contributed by atoms with van der Waals surface area (Å²) in [6.07, 6.45) is 6.00. The molecule has 7 heterocycles. The van der Waals surface area contributed by atoms with Gasteiger partial charge in [-0.05, 0) is 163 Å². The molecule has 0 amide bonds. The average molecular weight is 1120 g/mol. The minimum atomic E-state index is -2.23. The Hall–Kier alpha value is -10.2. The number of aromatic nitrogens is 4. The Morgan fingerprint density at radius 3 is 1.52 bits per heavy atom. The number of furan rings is 3. The van der Waals surface area contributed by atoms with E-state index in [0.29, 0.717) is 22.8 Å². The van der Waals surface area contributed by atoms with Crippen molar-refractivity contribution < 1.29 is 31.1 Å². The van der Waals surface area contributed by atoms with Crippen molar-refractivity contribution in [1.29, 1.82) is 0 Å². The molecule has 16 rings (SSSR count). The standard InChI is InChI=1S/C29H23N2O.C26H24NO.C24H20NO/c1-18-13-28-24(25-14-21-11-7-8-12-26(21)30-29(25)32-28)15-23(18)27-16-22(19(2)17-31(27)3)20-9-5-4-6-10-20;1-16(2)18-11-12-27(4)24(14-18)21-9-10-22-23-13-19-7-5-6-8-20(19)15-25(23)28-26(22)17(21)3;1-15-10-11-25(3)22(12-15)19-8-9-20-21-13-17-6-4-5-7-18(17)14-23(21)26-24(20)16(19)2/h4-17H,1-3H3;5-16H,1-4H3;4-14H,1-3H3/q3*+1/i2D3;;. The third kappa shape index (κ3) is 9.50. The summed E-state index contributed by atoms with van der Waals surface area (Å²) in [4.78, 5) is 4.72. The first-order chi connectivity index (χ1) is 42.9. The second-order valence-electron chi connectivity index (χ2n) is 23.4. The van der Waals surface area contributed by atoms with E-state index in [9.17, 15) is 0 Å². The lowest BCUT2D eigenvalue weighted by molar-refractivity contribution is -0.660. The predicted molar refractivity (Wildman–Crippen MR) is 355 cm³/mol. The number of fused-ring (bicyclic) bond motifs is 12. The molecule has 418 valence electrons. The Bertz CT molecular complexity index is 5500. The fourth-order valence-corrected chi connectivity index (χ4v) is 12.5. The molecule has 7 nitrogen and oxygen atoms in total. The van der Waals surface area contributed by atoms with Gasteiger partial charge in [0.15, 0.2) is 18.6 Å². The number of nitrogens with zero attached hydrogens (tertiary/aromatic N) is 4. The van der Waals surface area contributed by atoms with Gasteiger partial charge in [-0.3, -0.25) is 0 Å². The number of rotatable bonds is 5. The maximum Gasteiger partial charge on any atom is 0.227 e. The lowest BCUT2D eigenvalue weighted by Crippen LogP contribution is -2.31. The van der Waals surface area contributed by atoms with Gasteiger partial charge in [-0.25, -0.2) is 18.7 Å². The molecule has 0 bridgehead atoms. The molecule has 7 heteroatoms. The molecule has 0 N–H and O–H groups in total. The summed E-state index contributed by atoms with van der Waals surface area (Å²) in [6.45, 7) is 10.7. The molecule has 0 fully saturated rings. The van der Waals surface area contributed by atoms with Crippen molar-refractivity contribution in [3.8, 4) is 44.9 Å². The van der Waals surface area contributed by atoms with Crippen molar-refractivity contribution in [1.82, 2.24) is 4.98 Å². The summed E-state index contributed by atoms with van der Waals surface area (Å²) in [5.41, 5.74) is 20.9. The van der Waals surface area contributed by atoms with Gasteiger partial charge in [0.1, 0.15) is 49.1 Å². The van der Waals surface area contributed by atoms with Gasteiger partial charge in [0.25, 0.3) is 0 Å². The van der Waals surface area contributed by atoms with E-state index in [4.69, 9.17) is 22.3 Å². The van der Waals surface area contributed by atoms with E-state index in [1.165, 1.54) is 87.9 Å². The van der Waals surface area contributed by atoms with Crippen molar-refractivity contribution in [3.05, 3.63) is 252 Å². The second kappa shape index (κ2) is 21.4. The Labute approximate surface area is 504 Å². The topological polar surface area (TPSA) is 64.0 Å². The smallest absolute Gasteiger partial charge is 0.227 e. The quantitative estimate of drug-likeness (QED) is 0.161. The van der Waals surface area contributed by atoms with Gasteiger partial charge in [0.05, 0.1) is 16.6 Å². The SMILES string of the molecule is Cc1c(-c2cc(C(C)C)cc[n+]2C)ccc2c1oc1cc3ccccc3cc12.Cc1cc[n+](C)c(-c2ccc3c(oc4cc5ccccc5cc43)c2C)c1.[2H]C([2H])([2H])c1c[n+](C)c(-c2cc3c(cc2C)oc2nc4ccccc4cc23)cc1-c1ccccc1. The molecular formula is C79H67N4O3+3. The Morgan fingerprint density at radius 2 is 0.919 bits per heavy atom. The molecule has 9 aromatic carbocycles. The highest BCUT2D eigenvalue weighted by Gasteiger charge is 2.23. The summed E-state index contributed by atoms with van der Waals surface area (Å²) in [5, 5.41) is 12.7. The van der Waals surface area contributed by atoms with Crippen LogP contribution in [0.1, 0.15) is 57.3 Å². The Kier molecular flexibility index (Phi) is 12.5. The van der Waals surface area contributed by atoms with Crippen molar-refractivity contribution in [2.45, 2.75) is 54.3 Å². The van der Waals surface area contributed by atoms with Crippen molar-refractivity contribution >= 4 is 98.4 Å². The molecule has 0 spiro atoms. The molecule has 0 aliphatic rings. The van der Waals surface area contributed by atoms with E-state index < -0.39 is 6.85 Å². The van der Waals surface area contributed by atoms with Crippen LogP contribution in [0.5, 0.6) is 0 Å². The maximum absolute atomic E-state index is 8.12. The number of para-hydroxylation sites is 1. The molecule has 0 aliphatic carbocycles. The largest absolute Gasteiger partial charge is 0.456 e. The van der Waals surface area contributed by atoms with Gasteiger partial charge in [-0.2, -0.15) is 0 Å². The normalized spacial score (nSPS) is 12.4. The van der Waals surface area contributed by atoms with Crippen LogP contribution < -0.4 is 13.7 Å². The number of aryl methyl sites for hydroxylation is 8. The number of hydrogen-bond donors (Lipinski definition) is 0. The fraction of sp³-hybridized carbons (Fsp3) is 0.139. The van der Waals surface area contributed by atoms with E-state index in [1.54, 1.807) is 6.20 Å². The molecule has 7 aromatic heterocycles. The van der Waals surface area contributed by atoms with Crippen LogP contribution in [0.4, 0.5) is 0 Å². The van der Waals surface area contributed by atoms with E-state index in [-0.39, 0.29) is 0 Å². The van der Waals surface area contributed by atoms with Gasteiger partial charge in [0.2, 0.25) is 22.8 Å². The van der Waals surface area contributed by atoms with E-state index >= 15 is 0 Å². The first kappa shape index (κ1) is 50.3. The molecule has 0 saturated heterocycles.